The summed E-state index contributed by atoms with van der Waals surface area (Å²) in [6, 6.07) is 0. The number of allylic oxidation sites excluding steroid dienone is 18. The van der Waals surface area contributed by atoms with Crippen LogP contribution >= 0.6 is 22.8 Å². The van der Waals surface area contributed by atoms with Crippen molar-refractivity contribution in [2.75, 3.05) is 17.3 Å². The Morgan fingerprint density at radius 1 is 0.321 bits per heavy atom. The van der Waals surface area contributed by atoms with Crippen LogP contribution in [0.15, 0.2) is 105 Å². The molecule has 0 aliphatic carbocycles. The predicted octanol–water partition coefficient (Wildman–Crippen LogP) is 3.84. The Morgan fingerprint density at radius 3 is 0.605 bits per heavy atom. The average Bonchev–Trinajstić information content (AvgIpc) is 3.23. The molecule has 18 nitrogen and oxygen atoms in total. The van der Waals surface area contributed by atoms with Gasteiger partial charge in [-0.1, -0.05) is 105 Å². The zero-order valence-corrected chi connectivity index (χ0v) is 62.6. The monoisotopic (exact) mass is 1290 g/mol. The van der Waals surface area contributed by atoms with Gasteiger partial charge in [-0.25, -0.2) is 25.3 Å². The summed E-state index contributed by atoms with van der Waals surface area (Å²) < 4.78 is 131. The molecule has 81 heavy (non-hydrogen) atoms. The topological polar surface area (TPSA) is 344 Å². The largest absolute Gasteiger partial charge is 1.00 e. The van der Waals surface area contributed by atoms with Crippen LogP contribution in [0.5, 0.6) is 0 Å². The molecule has 0 aromatic heterocycles. The van der Waals surface area contributed by atoms with Gasteiger partial charge in [0.2, 0.25) is 0 Å². The van der Waals surface area contributed by atoms with Crippen LogP contribution in [0, 0.1) is 0 Å². The molecule has 0 bridgehead atoms. The van der Waals surface area contributed by atoms with Crippen LogP contribution in [0.3, 0.4) is 0 Å². The zero-order valence-electron chi connectivity index (χ0n) is 51.4. The summed E-state index contributed by atoms with van der Waals surface area (Å²) in [6.07, 6.45) is 31.0. The summed E-state index contributed by atoms with van der Waals surface area (Å²) >= 11 is 0. The van der Waals surface area contributed by atoms with Gasteiger partial charge in [0.15, 0.2) is 0 Å². The first-order chi connectivity index (χ1) is 35.4. The van der Waals surface area contributed by atoms with Crippen LogP contribution in [0.25, 0.3) is 0 Å². The molecule has 0 amide bonds. The van der Waals surface area contributed by atoms with Crippen molar-refractivity contribution in [3.8, 4) is 0 Å². The van der Waals surface area contributed by atoms with E-state index in [-0.39, 0.29) is 108 Å². The second kappa shape index (κ2) is 48.7. The maximum absolute atomic E-state index is 11.3. The van der Waals surface area contributed by atoms with Crippen molar-refractivity contribution in [1.29, 1.82) is 0 Å². The Kier molecular flexibility index (Phi) is 55.9. The Labute approximate surface area is 555 Å². The van der Waals surface area contributed by atoms with Gasteiger partial charge < -0.3 is 43.0 Å². The summed E-state index contributed by atoms with van der Waals surface area (Å²) in [6.45, 7) is 24.6. The third kappa shape index (κ3) is 65.1. The third-order valence-corrected chi connectivity index (χ3v) is 19.3. The Morgan fingerprint density at radius 2 is 0.469 bits per heavy atom. The van der Waals surface area contributed by atoms with Gasteiger partial charge in [0.1, 0.15) is 0 Å². The predicted molar refractivity (Wildman–Crippen MR) is 315 cm³/mol. The van der Waals surface area contributed by atoms with E-state index in [0.29, 0.717) is 19.3 Å². The zero-order chi connectivity index (χ0) is 61.1. The Bertz CT molecular complexity index is 2300. The molecule has 3 atom stereocenters. The van der Waals surface area contributed by atoms with Crippen molar-refractivity contribution in [1.82, 2.24) is 0 Å². The fourth-order valence-electron chi connectivity index (χ4n) is 7.34. The summed E-state index contributed by atoms with van der Waals surface area (Å²) in [4.78, 5) is 55.1. The molecule has 456 valence electrons. The molecule has 0 fully saturated rings. The molecule has 0 rings (SSSR count). The maximum Gasteiger partial charge on any atom is 1.00 e. The van der Waals surface area contributed by atoms with Crippen molar-refractivity contribution < 1.29 is 171 Å². The van der Waals surface area contributed by atoms with Gasteiger partial charge >= 0.3 is 111 Å². The molecule has 0 aliphatic heterocycles. The van der Waals surface area contributed by atoms with E-state index >= 15 is 0 Å². The smallest absolute Gasteiger partial charge is 0.748 e. The quantitative estimate of drug-likeness (QED) is 0.0225. The molecule has 27 heteroatoms. The second-order valence-corrected chi connectivity index (χ2v) is 31.1. The van der Waals surface area contributed by atoms with Crippen LogP contribution in [0.1, 0.15) is 199 Å². The number of rotatable bonds is 36. The molecule has 0 saturated heterocycles. The number of hydrogen-bond donors (Lipinski definition) is 6. The standard InChI is InChI=1S/3C18H33O6PS.3Na/c3*1-15(2)8-5-9-16(3)10-6-11-17(4)12-7-13-18(25(19,20)21)14-26(22,23)24;;;/h3*8,10,12,18H,5-7,9,11,13-14H2,1-4H3,(H2,19,20,21)(H,22,23,24);;;/q;;;3*+1/p-3. The normalized spacial score (nSPS) is 14.5. The van der Waals surface area contributed by atoms with Crippen LogP contribution in [0.2, 0.25) is 0 Å². The van der Waals surface area contributed by atoms with E-state index in [1.807, 2.05) is 39.0 Å². The Balaban J connectivity index is -0.000000256. The minimum atomic E-state index is -4.67. The van der Waals surface area contributed by atoms with E-state index in [0.717, 1.165) is 93.8 Å². The van der Waals surface area contributed by atoms with Crippen molar-refractivity contribution >= 4 is 53.1 Å². The van der Waals surface area contributed by atoms with Crippen molar-refractivity contribution in [2.45, 2.75) is 216 Å². The van der Waals surface area contributed by atoms with Gasteiger partial charge in [-0.2, -0.15) is 0 Å². The first-order valence-corrected chi connectivity index (χ1v) is 36.0. The van der Waals surface area contributed by atoms with E-state index < -0.39 is 87.4 Å². The van der Waals surface area contributed by atoms with Gasteiger partial charge in [0.05, 0.1) is 64.6 Å². The number of hydrogen-bond acceptors (Lipinski definition) is 12. The molecule has 3 unspecified atom stereocenters. The fourth-order valence-corrected chi connectivity index (χ4v) is 14.7. The van der Waals surface area contributed by atoms with Gasteiger partial charge in [-0.05, 0) is 199 Å². The van der Waals surface area contributed by atoms with Crippen molar-refractivity contribution in [2.24, 2.45) is 0 Å². The third-order valence-electron chi connectivity index (χ3n) is 12.0. The minimum absolute atomic E-state index is 0. The van der Waals surface area contributed by atoms with Crippen LogP contribution in [0.4, 0.5) is 0 Å². The summed E-state index contributed by atoms with van der Waals surface area (Å²) in [5.41, 5.74) is 6.85. The van der Waals surface area contributed by atoms with Crippen molar-refractivity contribution in [3.05, 3.63) is 105 Å². The SMILES string of the molecule is CC(C)=CCCC(C)=CCCC(C)=CCCC(CS(=O)(=O)[O-])P(=O)(O)O.CC(C)=CCCC(C)=CCCC(C)=CCCC(CS(=O)(=O)[O-])P(=O)(O)O.CC(C)=CCCC(C)=CCCC(C)=CCCC(CS(=O)(=O)[O-])P(=O)(O)O.[Na+].[Na+].[Na+]. The maximum atomic E-state index is 11.3. The second-order valence-electron chi connectivity index (χ2n) is 21.0. The fraction of sp³-hybridized carbons (Fsp3) is 0.667. The molecule has 0 radical (unpaired) electrons. The van der Waals surface area contributed by atoms with Crippen LogP contribution in [-0.2, 0) is 44.0 Å². The Hall–Kier alpha value is 0.840. The molecule has 0 aliphatic rings. The van der Waals surface area contributed by atoms with Gasteiger partial charge in [-0.3, -0.25) is 13.7 Å². The molecular formula is C54H96Na3O18P3S3. The summed E-state index contributed by atoms with van der Waals surface area (Å²) in [7, 11) is -27.8. The van der Waals surface area contributed by atoms with Crippen LogP contribution < -0.4 is 88.7 Å². The summed E-state index contributed by atoms with van der Waals surface area (Å²) in [5, 5.41) is 0. The van der Waals surface area contributed by atoms with E-state index in [1.165, 1.54) is 33.4 Å². The van der Waals surface area contributed by atoms with E-state index in [9.17, 15) is 82.0 Å². The van der Waals surface area contributed by atoms with Crippen molar-refractivity contribution in [3.63, 3.8) is 0 Å². The average molecular weight is 1290 g/mol. The molecule has 0 aromatic carbocycles. The molecular weight excluding hydrogens is 1190 g/mol. The summed E-state index contributed by atoms with van der Waals surface area (Å²) in [5.74, 6) is -3.09. The van der Waals surface area contributed by atoms with E-state index in [4.69, 9.17) is 0 Å². The molecule has 0 spiro atoms. The van der Waals surface area contributed by atoms with E-state index in [1.54, 1.807) is 0 Å². The molecule has 0 heterocycles. The van der Waals surface area contributed by atoms with Gasteiger partial charge in [0.25, 0.3) is 0 Å². The first-order valence-electron chi connectivity index (χ1n) is 26.2. The first kappa shape index (κ1) is 93.0. The van der Waals surface area contributed by atoms with Crippen LogP contribution in [-0.4, -0.2) is 103 Å². The molecule has 0 saturated carbocycles. The molecule has 6 N–H and O–H groups in total. The van der Waals surface area contributed by atoms with E-state index in [2.05, 4.69) is 98.8 Å². The minimum Gasteiger partial charge on any atom is -0.748 e. The van der Waals surface area contributed by atoms with Gasteiger partial charge in [-0.15, -0.1) is 0 Å². The molecule has 0 aromatic rings. The van der Waals surface area contributed by atoms with Gasteiger partial charge in [0, 0.05) is 0 Å².